The quantitative estimate of drug-likeness (QED) is 0.453. The molecule has 0 unspecified atom stereocenters. The molecule has 0 saturated heterocycles. The van der Waals surface area contributed by atoms with Crippen LogP contribution in [0.15, 0.2) is 57.9 Å². The van der Waals surface area contributed by atoms with E-state index in [1.54, 1.807) is 0 Å². The number of aryl methyl sites for hydroxylation is 1. The number of hydrogen-bond donors (Lipinski definition) is 2. The van der Waals surface area contributed by atoms with Crippen LogP contribution in [0.4, 0.5) is 5.69 Å². The number of amides is 1. The Bertz CT molecular complexity index is 1420. The molecule has 0 bridgehead atoms. The minimum Gasteiger partial charge on any atom is -0.482 e. The number of hydrogen-bond acceptors (Lipinski definition) is 5. The molecule has 4 aromatic rings. The van der Waals surface area contributed by atoms with Crippen molar-refractivity contribution in [3.8, 4) is 17.0 Å². The first-order valence-corrected chi connectivity index (χ1v) is 11.3. The summed E-state index contributed by atoms with van der Waals surface area (Å²) >= 11 is 1.54. The minimum atomic E-state index is -0.156. The molecule has 32 heavy (non-hydrogen) atoms. The maximum Gasteiger partial charge on any atom is 0.262 e. The Balaban J connectivity index is 1.63. The summed E-state index contributed by atoms with van der Waals surface area (Å²) in [6, 6.07) is 14.1. The number of para-hydroxylation sites is 1. The van der Waals surface area contributed by atoms with Crippen LogP contribution < -0.4 is 14.9 Å². The van der Waals surface area contributed by atoms with Crippen molar-refractivity contribution in [2.24, 2.45) is 10.1 Å². The van der Waals surface area contributed by atoms with Gasteiger partial charge in [0.15, 0.2) is 6.61 Å². The van der Waals surface area contributed by atoms with E-state index in [0.29, 0.717) is 11.4 Å². The monoisotopic (exact) mass is 445 g/mol. The predicted octanol–water partition coefficient (Wildman–Crippen LogP) is 4.53. The first kappa shape index (κ1) is 20.3. The maximum absolute atomic E-state index is 11.8. The van der Waals surface area contributed by atoms with Gasteiger partial charge in [-0.3, -0.25) is 9.79 Å². The normalized spacial score (nSPS) is 14.2. The van der Waals surface area contributed by atoms with E-state index in [4.69, 9.17) is 14.8 Å². The van der Waals surface area contributed by atoms with Crippen LogP contribution in [0, 0.1) is 6.92 Å². The average molecular weight is 446 g/mol. The average Bonchev–Trinajstić information content (AvgIpc) is 3.30. The Kier molecular flexibility index (Phi) is 5.14. The fourth-order valence-corrected chi connectivity index (χ4v) is 4.71. The van der Waals surface area contributed by atoms with Gasteiger partial charge < -0.3 is 15.0 Å². The van der Waals surface area contributed by atoms with E-state index in [2.05, 4.69) is 22.4 Å². The molecule has 162 valence electrons. The summed E-state index contributed by atoms with van der Waals surface area (Å²) in [5, 5.41) is 10.9. The molecule has 5 rings (SSSR count). The van der Waals surface area contributed by atoms with E-state index in [9.17, 15) is 4.79 Å². The number of aromatic amines is 1. The van der Waals surface area contributed by atoms with Crippen molar-refractivity contribution in [2.45, 2.75) is 26.8 Å². The molecular formula is C24H23N5O2S. The fraction of sp³-hybridized carbons (Fsp3) is 0.208. The molecule has 1 amide bonds. The Morgan fingerprint density at radius 2 is 2.06 bits per heavy atom. The molecule has 0 saturated carbocycles. The number of ether oxygens (including phenoxy) is 1. The number of fused-ring (bicyclic) bond motifs is 2. The molecule has 8 heteroatoms. The molecule has 0 fully saturated rings. The SMILES string of the molecule is Cc1[nH]c2ccccc2c1C=Nn1c(-c2ccc3c(c2)NC(=O)CO3)csc1=NC(C)C. The standard InChI is InChI=1S/C24H23N5O2S/c1-14(2)26-24-29(25-11-18-15(3)27-19-7-5-4-6-17(18)19)21(13-32-24)16-8-9-22-20(10-16)28-23(30)12-31-22/h4-11,13-14,27H,12H2,1-3H3,(H,28,30). The topological polar surface area (TPSA) is 83.8 Å². The van der Waals surface area contributed by atoms with E-state index < -0.39 is 0 Å². The summed E-state index contributed by atoms with van der Waals surface area (Å²) < 4.78 is 7.36. The number of nitrogens with one attached hydrogen (secondary N) is 2. The molecule has 7 nitrogen and oxygen atoms in total. The highest BCUT2D eigenvalue weighted by molar-refractivity contribution is 7.07. The Labute approximate surface area is 189 Å². The number of thiazole rings is 1. The number of carbonyl (C=O) groups excluding carboxylic acids is 1. The number of aromatic nitrogens is 2. The highest BCUT2D eigenvalue weighted by atomic mass is 32.1. The van der Waals surface area contributed by atoms with Gasteiger partial charge >= 0.3 is 0 Å². The van der Waals surface area contributed by atoms with E-state index >= 15 is 0 Å². The number of carbonyl (C=O) groups is 1. The zero-order chi connectivity index (χ0) is 22.2. The van der Waals surface area contributed by atoms with E-state index in [-0.39, 0.29) is 18.6 Å². The lowest BCUT2D eigenvalue weighted by Crippen LogP contribution is -2.25. The van der Waals surface area contributed by atoms with Gasteiger partial charge in [-0.25, -0.2) is 4.68 Å². The first-order chi connectivity index (χ1) is 15.5. The van der Waals surface area contributed by atoms with Crippen LogP contribution in [0.25, 0.3) is 22.2 Å². The second kappa shape index (κ2) is 8.12. The van der Waals surface area contributed by atoms with Gasteiger partial charge in [0, 0.05) is 39.1 Å². The van der Waals surface area contributed by atoms with Crippen LogP contribution >= 0.6 is 11.3 Å². The lowest BCUT2D eigenvalue weighted by Gasteiger charge is -2.18. The molecular weight excluding hydrogens is 422 g/mol. The van der Waals surface area contributed by atoms with E-state index in [0.717, 1.165) is 38.2 Å². The third kappa shape index (κ3) is 3.73. The van der Waals surface area contributed by atoms with Crippen molar-refractivity contribution in [1.29, 1.82) is 0 Å². The molecule has 0 aliphatic carbocycles. The van der Waals surface area contributed by atoms with E-state index in [1.165, 1.54) is 11.3 Å². The maximum atomic E-state index is 11.8. The van der Waals surface area contributed by atoms with Gasteiger partial charge in [-0.1, -0.05) is 18.2 Å². The summed E-state index contributed by atoms with van der Waals surface area (Å²) in [7, 11) is 0. The highest BCUT2D eigenvalue weighted by Crippen LogP contribution is 2.33. The predicted molar refractivity (Wildman–Crippen MR) is 129 cm³/mol. The van der Waals surface area contributed by atoms with Gasteiger partial charge in [-0.15, -0.1) is 11.3 Å². The molecule has 0 radical (unpaired) electrons. The first-order valence-electron chi connectivity index (χ1n) is 10.4. The Morgan fingerprint density at radius 1 is 1.22 bits per heavy atom. The molecule has 0 atom stereocenters. The van der Waals surface area contributed by atoms with Crippen molar-refractivity contribution < 1.29 is 9.53 Å². The molecule has 2 aromatic carbocycles. The van der Waals surface area contributed by atoms with Crippen molar-refractivity contribution in [2.75, 3.05) is 11.9 Å². The van der Waals surface area contributed by atoms with Gasteiger partial charge in [0.25, 0.3) is 5.91 Å². The fourth-order valence-electron chi connectivity index (χ4n) is 3.74. The van der Waals surface area contributed by atoms with Crippen LogP contribution in [-0.2, 0) is 4.79 Å². The summed E-state index contributed by atoms with van der Waals surface area (Å²) in [6.07, 6.45) is 1.88. The molecule has 1 aliphatic heterocycles. The van der Waals surface area contributed by atoms with Crippen LogP contribution in [0.2, 0.25) is 0 Å². The van der Waals surface area contributed by atoms with Crippen molar-refractivity contribution in [1.82, 2.24) is 9.66 Å². The van der Waals surface area contributed by atoms with Crippen LogP contribution in [0.3, 0.4) is 0 Å². The smallest absolute Gasteiger partial charge is 0.262 e. The van der Waals surface area contributed by atoms with Crippen LogP contribution in [-0.4, -0.2) is 34.4 Å². The lowest BCUT2D eigenvalue weighted by atomic mass is 10.1. The molecule has 0 spiro atoms. The summed E-state index contributed by atoms with van der Waals surface area (Å²) in [5.74, 6) is 0.510. The molecule has 2 aromatic heterocycles. The van der Waals surface area contributed by atoms with Gasteiger partial charge in [-0.2, -0.15) is 5.10 Å². The van der Waals surface area contributed by atoms with E-state index in [1.807, 2.05) is 67.4 Å². The molecule has 2 N–H and O–H groups in total. The highest BCUT2D eigenvalue weighted by Gasteiger charge is 2.18. The summed E-state index contributed by atoms with van der Waals surface area (Å²) in [6.45, 7) is 6.18. The molecule has 3 heterocycles. The third-order valence-corrected chi connectivity index (χ3v) is 6.04. The van der Waals surface area contributed by atoms with Gasteiger partial charge in [-0.05, 0) is 45.0 Å². The lowest BCUT2D eigenvalue weighted by molar-refractivity contribution is -0.118. The van der Waals surface area contributed by atoms with Gasteiger partial charge in [0.05, 0.1) is 17.6 Å². The van der Waals surface area contributed by atoms with Crippen molar-refractivity contribution >= 4 is 40.0 Å². The Hall–Kier alpha value is -3.65. The zero-order valence-electron chi connectivity index (χ0n) is 18.0. The van der Waals surface area contributed by atoms with Crippen molar-refractivity contribution in [3.05, 3.63) is 63.9 Å². The van der Waals surface area contributed by atoms with Crippen LogP contribution in [0.5, 0.6) is 5.75 Å². The number of rotatable bonds is 4. The zero-order valence-corrected chi connectivity index (χ0v) is 18.9. The minimum absolute atomic E-state index is 0.0382. The third-order valence-electron chi connectivity index (χ3n) is 5.21. The van der Waals surface area contributed by atoms with Gasteiger partial charge in [0.2, 0.25) is 4.80 Å². The summed E-state index contributed by atoms with van der Waals surface area (Å²) in [5.41, 5.74) is 5.67. The second-order valence-corrected chi connectivity index (χ2v) is 8.78. The molecule has 1 aliphatic rings. The largest absolute Gasteiger partial charge is 0.482 e. The van der Waals surface area contributed by atoms with Crippen LogP contribution in [0.1, 0.15) is 25.1 Å². The number of anilines is 1. The number of benzene rings is 2. The number of H-pyrrole nitrogens is 1. The second-order valence-electron chi connectivity index (χ2n) is 7.94. The number of nitrogens with zero attached hydrogens (tertiary/aromatic N) is 3. The summed E-state index contributed by atoms with van der Waals surface area (Å²) in [4.78, 5) is 20.7. The van der Waals surface area contributed by atoms with Gasteiger partial charge in [0.1, 0.15) is 5.75 Å². The Morgan fingerprint density at radius 3 is 2.91 bits per heavy atom. The van der Waals surface area contributed by atoms with Crippen molar-refractivity contribution in [3.63, 3.8) is 0 Å².